The molecule has 2 heterocycles. The Kier molecular flexibility index (Phi) is 5.58. The lowest BCUT2D eigenvalue weighted by Gasteiger charge is -2.34. The van der Waals surface area contributed by atoms with Crippen LogP contribution in [0.4, 0.5) is 0 Å². The van der Waals surface area contributed by atoms with Gasteiger partial charge in [-0.3, -0.25) is 4.90 Å². The van der Waals surface area contributed by atoms with Crippen LogP contribution in [0, 0.1) is 0 Å². The second-order valence-electron chi connectivity index (χ2n) is 6.85. The van der Waals surface area contributed by atoms with Crippen LogP contribution in [0.15, 0.2) is 5.38 Å². The van der Waals surface area contributed by atoms with Crippen LogP contribution in [0.2, 0.25) is 0 Å². The maximum atomic E-state index is 4.85. The predicted octanol–water partition coefficient (Wildman–Crippen LogP) is 3.40. The molecule has 20 heavy (non-hydrogen) atoms. The molecule has 0 aromatic carbocycles. The molecule has 0 radical (unpaired) electrons. The number of thiazole rings is 1. The number of nitrogens with zero attached hydrogens (tertiary/aromatic N) is 2. The lowest BCUT2D eigenvalue weighted by Crippen LogP contribution is -2.45. The van der Waals surface area contributed by atoms with Crippen LogP contribution in [0.1, 0.15) is 57.7 Å². The molecule has 1 saturated heterocycles. The highest BCUT2D eigenvalue weighted by atomic mass is 32.1. The van der Waals surface area contributed by atoms with Gasteiger partial charge in [0.1, 0.15) is 5.01 Å². The molecule has 0 aliphatic carbocycles. The molecular formula is C16H29N3S. The molecule has 0 amide bonds. The van der Waals surface area contributed by atoms with Gasteiger partial charge in [-0.05, 0) is 32.4 Å². The molecule has 1 aliphatic rings. The van der Waals surface area contributed by atoms with Gasteiger partial charge in [0.2, 0.25) is 0 Å². The summed E-state index contributed by atoms with van der Waals surface area (Å²) in [7, 11) is 0. The number of nitrogens with one attached hydrogen (secondary N) is 1. The Morgan fingerprint density at radius 2 is 2.25 bits per heavy atom. The molecule has 0 saturated carbocycles. The van der Waals surface area contributed by atoms with Gasteiger partial charge in [0, 0.05) is 23.4 Å². The molecule has 3 nitrogen and oxygen atoms in total. The van der Waals surface area contributed by atoms with Crippen LogP contribution >= 0.6 is 11.3 Å². The molecule has 114 valence electrons. The van der Waals surface area contributed by atoms with Crippen molar-refractivity contribution in [1.82, 2.24) is 15.2 Å². The third-order valence-corrected chi connectivity index (χ3v) is 4.79. The first-order valence-corrected chi connectivity index (χ1v) is 8.78. The smallest absolute Gasteiger partial charge is 0.107 e. The molecule has 1 aliphatic heterocycles. The highest BCUT2D eigenvalue weighted by Crippen LogP contribution is 2.25. The molecule has 1 unspecified atom stereocenters. The van der Waals surface area contributed by atoms with Gasteiger partial charge in [-0.15, -0.1) is 11.3 Å². The summed E-state index contributed by atoms with van der Waals surface area (Å²) in [5, 5.41) is 7.04. The lowest BCUT2D eigenvalue weighted by molar-refractivity contribution is 0.157. The van der Waals surface area contributed by atoms with E-state index in [1.165, 1.54) is 43.1 Å². The topological polar surface area (TPSA) is 28.2 Å². The standard InChI is InChI=1S/C16H29N3S/c1-5-9-19(13-7-6-8-17-10-13)11-15-18-14(12-20-15)16(2,3)4/h12-13,17H,5-11H2,1-4H3. The van der Waals surface area contributed by atoms with Crippen molar-refractivity contribution in [2.24, 2.45) is 0 Å². The fourth-order valence-electron chi connectivity index (χ4n) is 2.72. The number of hydrogen-bond acceptors (Lipinski definition) is 4. The maximum absolute atomic E-state index is 4.85. The highest BCUT2D eigenvalue weighted by molar-refractivity contribution is 7.09. The Hall–Kier alpha value is -0.450. The van der Waals surface area contributed by atoms with Gasteiger partial charge in [0.25, 0.3) is 0 Å². The van der Waals surface area contributed by atoms with Crippen LogP contribution < -0.4 is 5.32 Å². The van der Waals surface area contributed by atoms with E-state index in [1.807, 2.05) is 11.3 Å². The van der Waals surface area contributed by atoms with E-state index in [2.05, 4.69) is 43.3 Å². The minimum absolute atomic E-state index is 0.163. The second kappa shape index (κ2) is 7.01. The first-order valence-electron chi connectivity index (χ1n) is 7.90. The van der Waals surface area contributed by atoms with Crippen molar-refractivity contribution >= 4 is 11.3 Å². The molecule has 0 spiro atoms. The largest absolute Gasteiger partial charge is 0.315 e. The van der Waals surface area contributed by atoms with Gasteiger partial charge in [-0.25, -0.2) is 4.98 Å². The Morgan fingerprint density at radius 3 is 2.80 bits per heavy atom. The van der Waals surface area contributed by atoms with Gasteiger partial charge < -0.3 is 5.32 Å². The average Bonchev–Trinajstić information content (AvgIpc) is 2.88. The summed E-state index contributed by atoms with van der Waals surface area (Å²) in [6, 6.07) is 0.686. The zero-order valence-corrected chi connectivity index (χ0v) is 14.2. The van der Waals surface area contributed by atoms with E-state index in [-0.39, 0.29) is 5.41 Å². The summed E-state index contributed by atoms with van der Waals surface area (Å²) in [5.41, 5.74) is 1.40. The normalized spacial score (nSPS) is 20.6. The van der Waals surface area contributed by atoms with Gasteiger partial charge in [-0.1, -0.05) is 27.7 Å². The molecule has 1 atom stereocenters. The lowest BCUT2D eigenvalue weighted by atomic mass is 9.93. The van der Waals surface area contributed by atoms with Crippen molar-refractivity contribution < 1.29 is 0 Å². The van der Waals surface area contributed by atoms with E-state index in [0.717, 1.165) is 13.1 Å². The maximum Gasteiger partial charge on any atom is 0.107 e. The van der Waals surface area contributed by atoms with Crippen molar-refractivity contribution in [2.75, 3.05) is 19.6 Å². The van der Waals surface area contributed by atoms with Crippen LogP contribution in [-0.2, 0) is 12.0 Å². The summed E-state index contributed by atoms with van der Waals surface area (Å²) >= 11 is 1.82. The van der Waals surface area contributed by atoms with Crippen LogP contribution in [0.25, 0.3) is 0 Å². The van der Waals surface area contributed by atoms with Gasteiger partial charge in [-0.2, -0.15) is 0 Å². The van der Waals surface area contributed by atoms with Crippen LogP contribution in [0.5, 0.6) is 0 Å². The molecule has 1 aromatic heterocycles. The Balaban J connectivity index is 2.01. The summed E-state index contributed by atoms with van der Waals surface area (Å²) in [6.07, 6.45) is 3.84. The Morgan fingerprint density at radius 1 is 1.45 bits per heavy atom. The summed E-state index contributed by atoms with van der Waals surface area (Å²) < 4.78 is 0. The Bertz CT molecular complexity index is 402. The van der Waals surface area contributed by atoms with E-state index in [0.29, 0.717) is 6.04 Å². The Labute approximate surface area is 127 Å². The first kappa shape index (κ1) is 15.9. The van der Waals surface area contributed by atoms with Gasteiger partial charge in [0.15, 0.2) is 0 Å². The minimum Gasteiger partial charge on any atom is -0.315 e. The molecule has 4 heteroatoms. The van der Waals surface area contributed by atoms with Crippen LogP contribution in [0.3, 0.4) is 0 Å². The number of piperidine rings is 1. The van der Waals surface area contributed by atoms with Gasteiger partial charge >= 0.3 is 0 Å². The van der Waals surface area contributed by atoms with Crippen molar-refractivity contribution in [3.63, 3.8) is 0 Å². The van der Waals surface area contributed by atoms with E-state index < -0.39 is 0 Å². The quantitative estimate of drug-likeness (QED) is 0.902. The summed E-state index contributed by atoms with van der Waals surface area (Å²) in [5.74, 6) is 0. The monoisotopic (exact) mass is 295 g/mol. The van der Waals surface area contributed by atoms with Crippen LogP contribution in [-0.4, -0.2) is 35.6 Å². The van der Waals surface area contributed by atoms with Gasteiger partial charge in [0.05, 0.1) is 12.2 Å². The molecule has 1 aromatic rings. The van der Waals surface area contributed by atoms with E-state index in [1.54, 1.807) is 0 Å². The fraction of sp³-hybridized carbons (Fsp3) is 0.812. The third-order valence-electron chi connectivity index (χ3n) is 3.96. The number of rotatable bonds is 5. The van der Waals surface area contributed by atoms with Crippen molar-refractivity contribution in [2.45, 2.75) is 65.0 Å². The highest BCUT2D eigenvalue weighted by Gasteiger charge is 2.23. The molecule has 1 N–H and O–H groups in total. The molecule has 1 fully saturated rings. The predicted molar refractivity (Wildman–Crippen MR) is 87.4 cm³/mol. The van der Waals surface area contributed by atoms with E-state index in [9.17, 15) is 0 Å². The first-order chi connectivity index (χ1) is 9.50. The van der Waals surface area contributed by atoms with Crippen molar-refractivity contribution in [1.29, 1.82) is 0 Å². The number of aromatic nitrogens is 1. The fourth-order valence-corrected chi connectivity index (χ4v) is 3.77. The number of hydrogen-bond donors (Lipinski definition) is 1. The summed E-state index contributed by atoms with van der Waals surface area (Å²) in [6.45, 7) is 13.5. The molecular weight excluding hydrogens is 266 g/mol. The average molecular weight is 295 g/mol. The third kappa shape index (κ3) is 4.27. The zero-order chi connectivity index (χ0) is 14.6. The van der Waals surface area contributed by atoms with E-state index in [4.69, 9.17) is 4.98 Å². The summed E-state index contributed by atoms with van der Waals surface area (Å²) in [4.78, 5) is 7.48. The molecule has 0 bridgehead atoms. The minimum atomic E-state index is 0.163. The van der Waals surface area contributed by atoms with Crippen molar-refractivity contribution in [3.05, 3.63) is 16.1 Å². The second-order valence-corrected chi connectivity index (χ2v) is 7.79. The zero-order valence-electron chi connectivity index (χ0n) is 13.4. The SMILES string of the molecule is CCCN(Cc1nc(C(C)(C)C)cs1)C1CCCNC1. The van der Waals surface area contributed by atoms with E-state index >= 15 is 0 Å². The van der Waals surface area contributed by atoms with Crippen molar-refractivity contribution in [3.8, 4) is 0 Å². The molecule has 2 rings (SSSR count).